The van der Waals surface area contributed by atoms with E-state index in [9.17, 15) is 19.8 Å². The third-order valence-corrected chi connectivity index (χ3v) is 21.7. The lowest BCUT2D eigenvalue weighted by molar-refractivity contribution is -0.143. The first-order valence-electron chi connectivity index (χ1n) is 44.8. The summed E-state index contributed by atoms with van der Waals surface area (Å²) in [6, 6.07) is -0.537. The average Bonchev–Trinajstić information content (AvgIpc) is 3.70. The molecule has 2 unspecified atom stereocenters. The summed E-state index contributed by atoms with van der Waals surface area (Å²) in [5.41, 5.74) is 0. The molecular weight excluding hydrogens is 1160 g/mol. The normalized spacial score (nSPS) is 12.3. The molecule has 0 rings (SSSR count). The van der Waals surface area contributed by atoms with E-state index in [2.05, 4.69) is 19.2 Å². The lowest BCUT2D eigenvalue weighted by atomic mass is 10.0. The quantitative estimate of drug-likeness (QED) is 0.0417. The van der Waals surface area contributed by atoms with E-state index < -0.39 is 12.1 Å². The number of ether oxygens (including phenoxy) is 1. The van der Waals surface area contributed by atoms with Gasteiger partial charge >= 0.3 is 5.97 Å². The molecule has 0 aromatic heterocycles. The standard InChI is InChI=1S/C89H177NO5/c1-3-5-7-9-11-13-15-17-19-20-21-22-23-39-42-45-48-51-54-57-61-65-69-73-77-81-87(92)86(85-91)90-88(93)82-78-74-70-66-62-58-55-52-49-46-43-40-37-35-33-31-29-27-25-24-26-28-30-32-34-36-38-41-44-47-50-53-56-60-64-68-72-76-80-84-95-89(94)83-79-75-71-67-63-59-18-16-14-12-10-8-6-4-2/h86-87,91-92H,3-85H2,1-2H3,(H,90,93). The maximum Gasteiger partial charge on any atom is 0.305 e. The Labute approximate surface area is 597 Å². The zero-order valence-corrected chi connectivity index (χ0v) is 65.5. The van der Waals surface area contributed by atoms with E-state index in [1.165, 1.54) is 462 Å². The van der Waals surface area contributed by atoms with Crippen molar-refractivity contribution >= 4 is 11.9 Å². The van der Waals surface area contributed by atoms with Crippen molar-refractivity contribution in [1.29, 1.82) is 0 Å². The van der Waals surface area contributed by atoms with Gasteiger partial charge in [0.25, 0.3) is 0 Å². The predicted octanol–water partition coefficient (Wildman–Crippen LogP) is 30.0. The van der Waals surface area contributed by atoms with Gasteiger partial charge in [-0.15, -0.1) is 0 Å². The Bertz CT molecular complexity index is 1410. The topological polar surface area (TPSA) is 95.9 Å². The Morgan fingerprint density at radius 1 is 0.253 bits per heavy atom. The van der Waals surface area contributed by atoms with Crippen LogP contribution < -0.4 is 5.32 Å². The van der Waals surface area contributed by atoms with Gasteiger partial charge in [-0.1, -0.05) is 495 Å². The van der Waals surface area contributed by atoms with Crippen LogP contribution >= 0.6 is 0 Å². The molecule has 0 aliphatic rings. The second-order valence-corrected chi connectivity index (χ2v) is 31.3. The van der Waals surface area contributed by atoms with E-state index >= 15 is 0 Å². The second-order valence-electron chi connectivity index (χ2n) is 31.3. The van der Waals surface area contributed by atoms with Crippen LogP contribution in [0.5, 0.6) is 0 Å². The van der Waals surface area contributed by atoms with E-state index in [1.807, 2.05) is 0 Å². The van der Waals surface area contributed by atoms with Crippen LogP contribution in [0, 0.1) is 0 Å². The maximum atomic E-state index is 12.6. The largest absolute Gasteiger partial charge is 0.466 e. The Hall–Kier alpha value is -1.14. The molecule has 3 N–H and O–H groups in total. The summed E-state index contributed by atoms with van der Waals surface area (Å²) in [6.45, 7) is 5.03. The van der Waals surface area contributed by atoms with Gasteiger partial charge in [0.05, 0.1) is 25.4 Å². The first-order chi connectivity index (χ1) is 47.0. The molecule has 1 amide bonds. The number of unbranched alkanes of at least 4 members (excludes halogenated alkanes) is 75. The number of nitrogens with one attached hydrogen (secondary N) is 1. The zero-order chi connectivity index (χ0) is 68.4. The highest BCUT2D eigenvalue weighted by Gasteiger charge is 2.20. The van der Waals surface area contributed by atoms with Crippen LogP contribution in [-0.2, 0) is 14.3 Å². The summed E-state index contributed by atoms with van der Waals surface area (Å²) in [7, 11) is 0. The Morgan fingerprint density at radius 3 is 0.642 bits per heavy atom. The van der Waals surface area contributed by atoms with Gasteiger partial charge in [-0.3, -0.25) is 9.59 Å². The molecule has 0 aliphatic carbocycles. The minimum absolute atomic E-state index is 0.0215. The summed E-state index contributed by atoms with van der Waals surface area (Å²) in [4.78, 5) is 24.7. The Balaban J connectivity index is 3.29. The summed E-state index contributed by atoms with van der Waals surface area (Å²) in [5.74, 6) is 0.00648. The molecule has 0 spiro atoms. The van der Waals surface area contributed by atoms with Crippen LogP contribution in [0.2, 0.25) is 0 Å². The van der Waals surface area contributed by atoms with E-state index in [4.69, 9.17) is 4.74 Å². The van der Waals surface area contributed by atoms with Crippen LogP contribution in [0.25, 0.3) is 0 Å². The van der Waals surface area contributed by atoms with Gasteiger partial charge in [0.2, 0.25) is 5.91 Å². The van der Waals surface area contributed by atoms with Gasteiger partial charge < -0.3 is 20.3 Å². The lowest BCUT2D eigenvalue weighted by Gasteiger charge is -2.22. The summed E-state index contributed by atoms with van der Waals surface area (Å²) in [5, 5.41) is 23.5. The number of rotatable bonds is 86. The molecule has 0 aromatic carbocycles. The highest BCUT2D eigenvalue weighted by molar-refractivity contribution is 5.76. The molecule has 6 nitrogen and oxygen atoms in total. The molecule has 568 valence electrons. The summed E-state index contributed by atoms with van der Waals surface area (Å²) < 4.78 is 5.51. The minimum atomic E-state index is -0.661. The molecule has 2 atom stereocenters. The SMILES string of the molecule is CCCCCCCCCCCCCCCCCCCCCCCCCCCC(O)C(CO)NC(=O)CCCCCCCCCCCCCCCCCCCCCCCCCCCCCCCCCCCCCCCCCOC(=O)CCCCCCCCCCCCCCCC. The van der Waals surface area contributed by atoms with Gasteiger partial charge in [-0.05, 0) is 25.7 Å². The zero-order valence-electron chi connectivity index (χ0n) is 65.5. The fourth-order valence-electron chi connectivity index (χ4n) is 14.9. The number of aliphatic hydroxyl groups excluding tert-OH is 2. The van der Waals surface area contributed by atoms with E-state index in [-0.39, 0.29) is 18.5 Å². The number of amides is 1. The van der Waals surface area contributed by atoms with Gasteiger partial charge in [0.15, 0.2) is 0 Å². The number of esters is 1. The number of hydrogen-bond acceptors (Lipinski definition) is 5. The maximum absolute atomic E-state index is 12.6. The average molecular weight is 1340 g/mol. The summed E-state index contributed by atoms with van der Waals surface area (Å²) in [6.07, 6.45) is 108. The van der Waals surface area contributed by atoms with E-state index in [0.29, 0.717) is 25.9 Å². The highest BCUT2D eigenvalue weighted by atomic mass is 16.5. The first-order valence-corrected chi connectivity index (χ1v) is 44.8. The minimum Gasteiger partial charge on any atom is -0.466 e. The third kappa shape index (κ3) is 81.7. The van der Waals surface area contributed by atoms with Crippen molar-refractivity contribution in [2.24, 2.45) is 0 Å². The van der Waals surface area contributed by atoms with Crippen LogP contribution in [0.4, 0.5) is 0 Å². The molecule has 0 saturated heterocycles. The van der Waals surface area contributed by atoms with E-state index in [1.54, 1.807) is 0 Å². The van der Waals surface area contributed by atoms with Crippen molar-refractivity contribution in [1.82, 2.24) is 5.32 Å². The molecule has 6 heteroatoms. The van der Waals surface area contributed by atoms with Crippen molar-refractivity contribution in [3.63, 3.8) is 0 Å². The highest BCUT2D eigenvalue weighted by Crippen LogP contribution is 2.22. The smallest absolute Gasteiger partial charge is 0.305 e. The number of carbonyl (C=O) groups is 2. The first kappa shape index (κ1) is 93.9. The van der Waals surface area contributed by atoms with Gasteiger partial charge in [-0.25, -0.2) is 0 Å². The molecule has 0 fully saturated rings. The van der Waals surface area contributed by atoms with Crippen LogP contribution in [0.15, 0.2) is 0 Å². The molecule has 0 saturated carbocycles. The molecule has 0 bridgehead atoms. The third-order valence-electron chi connectivity index (χ3n) is 21.7. The second kappa shape index (κ2) is 85.3. The van der Waals surface area contributed by atoms with E-state index in [0.717, 1.165) is 38.5 Å². The molecule has 0 heterocycles. The Kier molecular flexibility index (Phi) is 84.2. The monoisotopic (exact) mass is 1340 g/mol. The summed E-state index contributed by atoms with van der Waals surface area (Å²) >= 11 is 0. The molecular formula is C89H177NO5. The van der Waals surface area contributed by atoms with Crippen LogP contribution in [0.1, 0.15) is 534 Å². The van der Waals surface area contributed by atoms with Gasteiger partial charge in [0, 0.05) is 12.8 Å². The van der Waals surface area contributed by atoms with Crippen molar-refractivity contribution in [3.8, 4) is 0 Å². The van der Waals surface area contributed by atoms with Crippen molar-refractivity contribution in [3.05, 3.63) is 0 Å². The van der Waals surface area contributed by atoms with Crippen molar-refractivity contribution in [2.45, 2.75) is 546 Å². The molecule has 0 radical (unpaired) electrons. The van der Waals surface area contributed by atoms with Gasteiger partial charge in [0.1, 0.15) is 0 Å². The van der Waals surface area contributed by atoms with Crippen molar-refractivity contribution < 1.29 is 24.5 Å². The number of aliphatic hydroxyl groups is 2. The fraction of sp³-hybridized carbons (Fsp3) is 0.978. The van der Waals surface area contributed by atoms with Crippen LogP contribution in [0.3, 0.4) is 0 Å². The molecule has 95 heavy (non-hydrogen) atoms. The van der Waals surface area contributed by atoms with Crippen molar-refractivity contribution in [2.75, 3.05) is 13.2 Å². The lowest BCUT2D eigenvalue weighted by Crippen LogP contribution is -2.45. The number of hydrogen-bond donors (Lipinski definition) is 3. The van der Waals surface area contributed by atoms with Gasteiger partial charge in [-0.2, -0.15) is 0 Å². The number of carbonyl (C=O) groups excluding carboxylic acids is 2. The molecule has 0 aromatic rings. The van der Waals surface area contributed by atoms with Crippen LogP contribution in [-0.4, -0.2) is 47.4 Å². The predicted molar refractivity (Wildman–Crippen MR) is 421 cm³/mol. The molecule has 0 aliphatic heterocycles. The Morgan fingerprint density at radius 2 is 0.432 bits per heavy atom. The fourth-order valence-corrected chi connectivity index (χ4v) is 14.9.